The third-order valence-corrected chi connectivity index (χ3v) is 3.51. The molecule has 1 aromatic carbocycles. The van der Waals surface area contributed by atoms with Crippen LogP contribution < -0.4 is 0 Å². The molecule has 0 unspecified atom stereocenters. The zero-order valence-corrected chi connectivity index (χ0v) is 9.21. The van der Waals surface area contributed by atoms with Gasteiger partial charge in [-0.05, 0) is 18.1 Å². The van der Waals surface area contributed by atoms with Crippen LogP contribution in [0.15, 0.2) is 24.4 Å². The second kappa shape index (κ2) is 3.13. The molecule has 2 aliphatic rings. The van der Waals surface area contributed by atoms with Gasteiger partial charge in [0, 0.05) is 18.8 Å². The van der Waals surface area contributed by atoms with E-state index in [1.807, 2.05) is 0 Å². The number of hydrogen-bond donors (Lipinski definition) is 0. The van der Waals surface area contributed by atoms with Gasteiger partial charge in [-0.15, -0.1) is 0 Å². The fourth-order valence-corrected chi connectivity index (χ4v) is 2.59. The van der Waals surface area contributed by atoms with Gasteiger partial charge in [-0.3, -0.25) is 0 Å². The lowest BCUT2D eigenvalue weighted by Crippen LogP contribution is -2.12. The summed E-state index contributed by atoms with van der Waals surface area (Å²) in [6, 6.07) is 4.80. The molecule has 0 radical (unpaired) electrons. The Labute approximate surface area is 91.4 Å². The van der Waals surface area contributed by atoms with Crippen molar-refractivity contribution in [2.45, 2.75) is 32.9 Å². The second-order valence-electron chi connectivity index (χ2n) is 4.68. The molecule has 0 N–H and O–H groups in total. The molecule has 0 spiro atoms. The Morgan fingerprint density at radius 2 is 1.67 bits per heavy atom. The van der Waals surface area contributed by atoms with Crippen LogP contribution in [0, 0.1) is 6.42 Å². The number of hydrogen-bond acceptors (Lipinski definition) is 1. The minimum atomic E-state index is 1.05. The normalized spacial score (nSPS) is 17.8. The van der Waals surface area contributed by atoms with Crippen molar-refractivity contribution in [1.82, 2.24) is 4.90 Å². The van der Waals surface area contributed by atoms with Gasteiger partial charge in [-0.25, -0.2) is 0 Å². The van der Waals surface area contributed by atoms with Crippen molar-refractivity contribution in [1.29, 1.82) is 0 Å². The predicted molar refractivity (Wildman–Crippen MR) is 62.2 cm³/mol. The summed E-state index contributed by atoms with van der Waals surface area (Å²) < 4.78 is 0. The Balaban J connectivity index is 1.98. The molecular formula is C14H16N-. The molecule has 0 saturated carbocycles. The van der Waals surface area contributed by atoms with Crippen LogP contribution in [0.2, 0.25) is 0 Å². The molecule has 1 heteroatoms. The van der Waals surface area contributed by atoms with Crippen molar-refractivity contribution in [2.24, 2.45) is 0 Å². The minimum Gasteiger partial charge on any atom is -0.367 e. The third kappa shape index (κ3) is 1.38. The summed E-state index contributed by atoms with van der Waals surface area (Å²) in [4.78, 5) is 2.35. The summed E-state index contributed by atoms with van der Waals surface area (Å²) in [6.07, 6.45) is 4.70. The van der Waals surface area contributed by atoms with Gasteiger partial charge in [-0.1, -0.05) is 29.8 Å². The van der Waals surface area contributed by atoms with E-state index in [-0.39, 0.29) is 0 Å². The molecule has 1 aromatic rings. The lowest BCUT2D eigenvalue weighted by atomic mass is 10.0. The maximum Gasteiger partial charge on any atom is 0.0433 e. The molecule has 0 amide bonds. The largest absolute Gasteiger partial charge is 0.367 e. The second-order valence-corrected chi connectivity index (χ2v) is 4.68. The average Bonchev–Trinajstić information content (AvgIpc) is 2.77. The van der Waals surface area contributed by atoms with E-state index < -0.39 is 0 Å². The first-order valence-electron chi connectivity index (χ1n) is 5.60. The molecule has 1 nitrogen and oxygen atoms in total. The van der Waals surface area contributed by atoms with E-state index in [0.29, 0.717) is 0 Å². The third-order valence-electron chi connectivity index (χ3n) is 3.51. The maximum absolute atomic E-state index is 4.02. The highest BCUT2D eigenvalue weighted by molar-refractivity contribution is 5.44. The molecular weight excluding hydrogens is 182 g/mol. The van der Waals surface area contributed by atoms with Crippen LogP contribution in [0.4, 0.5) is 0 Å². The van der Waals surface area contributed by atoms with Crippen LogP contribution >= 0.6 is 0 Å². The average molecular weight is 198 g/mol. The lowest BCUT2D eigenvalue weighted by Gasteiger charge is -2.16. The first-order chi connectivity index (χ1) is 7.24. The number of nitrogens with zero attached hydrogens (tertiary/aromatic N) is 1. The number of fused-ring (bicyclic) bond motifs is 2. The predicted octanol–water partition coefficient (Wildman–Crippen LogP) is 2.84. The quantitative estimate of drug-likeness (QED) is 0.627. The molecule has 78 valence electrons. The number of benzene rings is 1. The van der Waals surface area contributed by atoms with Gasteiger partial charge in [0.1, 0.15) is 0 Å². The van der Waals surface area contributed by atoms with Crippen LogP contribution in [0.25, 0.3) is 0 Å². The van der Waals surface area contributed by atoms with Crippen molar-refractivity contribution in [3.63, 3.8) is 0 Å². The van der Waals surface area contributed by atoms with E-state index in [1.54, 1.807) is 0 Å². The fourth-order valence-electron chi connectivity index (χ4n) is 2.59. The highest BCUT2D eigenvalue weighted by atomic mass is 15.1. The summed E-state index contributed by atoms with van der Waals surface area (Å²) in [5.74, 6) is 0. The Bertz CT molecular complexity index is 398. The highest BCUT2D eigenvalue weighted by Gasteiger charge is 2.20. The van der Waals surface area contributed by atoms with Gasteiger partial charge < -0.3 is 11.3 Å². The summed E-state index contributed by atoms with van der Waals surface area (Å²) >= 11 is 0. The van der Waals surface area contributed by atoms with Crippen molar-refractivity contribution >= 4 is 0 Å². The molecule has 1 aliphatic carbocycles. The summed E-state index contributed by atoms with van der Waals surface area (Å²) in [5.41, 5.74) is 7.27. The van der Waals surface area contributed by atoms with Crippen LogP contribution in [-0.4, -0.2) is 4.90 Å². The van der Waals surface area contributed by atoms with Gasteiger partial charge in [0.25, 0.3) is 0 Å². The van der Waals surface area contributed by atoms with Gasteiger partial charge in [0.2, 0.25) is 0 Å². The molecule has 1 heterocycles. The lowest BCUT2D eigenvalue weighted by molar-refractivity contribution is 0.365. The monoisotopic (exact) mass is 198 g/mol. The van der Waals surface area contributed by atoms with Crippen molar-refractivity contribution < 1.29 is 0 Å². The molecule has 0 fully saturated rings. The summed E-state index contributed by atoms with van der Waals surface area (Å²) in [7, 11) is 0. The molecule has 0 bridgehead atoms. The summed E-state index contributed by atoms with van der Waals surface area (Å²) in [5, 5.41) is 0. The Kier molecular flexibility index (Phi) is 1.88. The van der Waals surface area contributed by atoms with Crippen LogP contribution in [-0.2, 0) is 25.9 Å². The van der Waals surface area contributed by atoms with Gasteiger partial charge >= 0.3 is 0 Å². The van der Waals surface area contributed by atoms with Gasteiger partial charge in [0.05, 0.1) is 0 Å². The molecule has 1 aliphatic heterocycles. The fraction of sp³-hybridized carbons (Fsp3) is 0.357. The Morgan fingerprint density at radius 1 is 1.13 bits per heavy atom. The molecule has 15 heavy (non-hydrogen) atoms. The molecule has 0 aromatic heterocycles. The highest BCUT2D eigenvalue weighted by Crippen LogP contribution is 2.31. The summed E-state index contributed by atoms with van der Waals surface area (Å²) in [6.45, 7) is 8.22. The van der Waals surface area contributed by atoms with E-state index in [9.17, 15) is 0 Å². The maximum atomic E-state index is 4.02. The van der Waals surface area contributed by atoms with E-state index in [4.69, 9.17) is 0 Å². The first kappa shape index (κ1) is 9.02. The van der Waals surface area contributed by atoms with Crippen LogP contribution in [0.5, 0.6) is 0 Å². The van der Waals surface area contributed by atoms with E-state index >= 15 is 0 Å². The van der Waals surface area contributed by atoms with Crippen molar-refractivity contribution in [3.8, 4) is 0 Å². The van der Waals surface area contributed by atoms with E-state index in [0.717, 1.165) is 25.9 Å². The van der Waals surface area contributed by atoms with Crippen LogP contribution in [0.3, 0.4) is 0 Å². The van der Waals surface area contributed by atoms with E-state index in [1.165, 1.54) is 28.0 Å². The zero-order chi connectivity index (χ0) is 10.4. The number of rotatable bonds is 1. The Morgan fingerprint density at radius 3 is 2.13 bits per heavy atom. The van der Waals surface area contributed by atoms with Gasteiger partial charge in [-0.2, -0.15) is 12.8 Å². The standard InChI is InChI=1S/C14H16N/c1-10(2)15-8-13-6-11-4-3-5-12(11)7-14(13)9-15/h3,6-7H,1,4-5,8-9H2,2H3/q-1. The van der Waals surface area contributed by atoms with Crippen LogP contribution in [0.1, 0.15) is 29.2 Å². The molecule has 0 saturated heterocycles. The topological polar surface area (TPSA) is 3.24 Å². The minimum absolute atomic E-state index is 1.05. The molecule has 0 atom stereocenters. The first-order valence-corrected chi connectivity index (χ1v) is 5.60. The van der Waals surface area contributed by atoms with Gasteiger partial charge in [0.15, 0.2) is 0 Å². The zero-order valence-electron chi connectivity index (χ0n) is 9.21. The molecule has 3 rings (SSSR count). The van der Waals surface area contributed by atoms with Crippen molar-refractivity contribution in [3.05, 3.63) is 53.1 Å². The smallest absolute Gasteiger partial charge is 0.0433 e. The van der Waals surface area contributed by atoms with E-state index in [2.05, 4.69) is 37.0 Å². The Hall–Kier alpha value is -1.24. The van der Waals surface area contributed by atoms with Crippen molar-refractivity contribution in [2.75, 3.05) is 0 Å². The SMILES string of the molecule is C=C(C)N1Cc2cc3c(cc2C1)C[CH-]C3. The number of allylic oxidation sites excluding steroid dienone is 1.